The second-order valence-corrected chi connectivity index (χ2v) is 5.88. The maximum Gasteiger partial charge on any atom is 0.0880 e. The highest BCUT2D eigenvalue weighted by molar-refractivity contribution is 5.12. The minimum absolute atomic E-state index is 0.335. The average Bonchev–Trinajstić information content (AvgIpc) is 2.57. The highest BCUT2D eigenvalue weighted by Gasteiger charge is 2.26. The van der Waals surface area contributed by atoms with Gasteiger partial charge in [-0.05, 0) is 12.8 Å². The van der Waals surface area contributed by atoms with Crippen molar-refractivity contribution in [2.45, 2.75) is 76.8 Å². The lowest BCUT2D eigenvalue weighted by Crippen LogP contribution is -2.32. The Bertz CT molecular complexity index is 399. The first kappa shape index (κ1) is 19.0. The molecule has 0 saturated carbocycles. The lowest BCUT2D eigenvalue weighted by atomic mass is 9.94. The van der Waals surface area contributed by atoms with E-state index >= 15 is 0 Å². The van der Waals surface area contributed by atoms with Crippen LogP contribution in [0.1, 0.15) is 63.8 Å². The number of aliphatic hydroxyl groups is 4. The number of nitrogens with zero attached hydrogens (tertiary/aromatic N) is 2. The Hall–Kier alpha value is -1.08. The molecule has 6 heteroatoms. The molecule has 0 amide bonds. The van der Waals surface area contributed by atoms with E-state index in [1.807, 2.05) is 0 Å². The minimum atomic E-state index is -0.893. The lowest BCUT2D eigenvalue weighted by molar-refractivity contribution is 0.00240. The summed E-state index contributed by atoms with van der Waals surface area (Å²) < 4.78 is 0. The van der Waals surface area contributed by atoms with Crippen molar-refractivity contribution < 1.29 is 20.4 Å². The van der Waals surface area contributed by atoms with Crippen LogP contribution in [0.15, 0.2) is 12.4 Å². The fourth-order valence-electron chi connectivity index (χ4n) is 2.32. The topological polar surface area (TPSA) is 107 Å². The molecular weight excluding hydrogens is 284 g/mol. The Morgan fingerprint density at radius 1 is 0.773 bits per heavy atom. The molecule has 0 aliphatic heterocycles. The molecule has 6 unspecified atom stereocenters. The van der Waals surface area contributed by atoms with E-state index in [2.05, 4.69) is 9.97 Å². The molecule has 0 radical (unpaired) electrons. The van der Waals surface area contributed by atoms with Gasteiger partial charge in [0.25, 0.3) is 0 Å². The van der Waals surface area contributed by atoms with Crippen molar-refractivity contribution in [2.24, 2.45) is 0 Å². The maximum absolute atomic E-state index is 10.0. The summed E-state index contributed by atoms with van der Waals surface area (Å²) in [6.07, 6.45) is 0.656. The number of aliphatic hydroxyl groups excluding tert-OH is 4. The van der Waals surface area contributed by atoms with Crippen molar-refractivity contribution in [2.75, 3.05) is 0 Å². The third kappa shape index (κ3) is 4.46. The van der Waals surface area contributed by atoms with Crippen LogP contribution in [0.3, 0.4) is 0 Å². The van der Waals surface area contributed by atoms with Crippen molar-refractivity contribution in [3.05, 3.63) is 23.8 Å². The van der Waals surface area contributed by atoms with Crippen LogP contribution in [0, 0.1) is 0 Å². The van der Waals surface area contributed by atoms with Crippen LogP contribution in [0.2, 0.25) is 0 Å². The van der Waals surface area contributed by atoms with Crippen LogP contribution in [-0.4, -0.2) is 54.8 Å². The third-order valence-corrected chi connectivity index (χ3v) is 4.27. The van der Waals surface area contributed by atoms with Crippen LogP contribution in [0.25, 0.3) is 0 Å². The zero-order valence-electron chi connectivity index (χ0n) is 13.7. The summed E-state index contributed by atoms with van der Waals surface area (Å²) in [5.74, 6) is -0.670. The first-order chi connectivity index (χ1) is 10.3. The Morgan fingerprint density at radius 3 is 1.32 bits per heavy atom. The Morgan fingerprint density at radius 2 is 1.09 bits per heavy atom. The van der Waals surface area contributed by atoms with Crippen LogP contribution in [-0.2, 0) is 0 Å². The van der Waals surface area contributed by atoms with Crippen molar-refractivity contribution in [1.29, 1.82) is 0 Å². The van der Waals surface area contributed by atoms with Gasteiger partial charge in [-0.2, -0.15) is 0 Å². The van der Waals surface area contributed by atoms with Gasteiger partial charge in [-0.25, -0.2) is 0 Å². The molecule has 0 aliphatic rings. The maximum atomic E-state index is 10.0. The standard InChI is InChI=1S/C16H28N2O4/c1-5-13(19)15(21)9(3)11-7-18-12(8-17-11)10(4)16(22)14(20)6-2/h7-10,13-16,19-22H,5-6H2,1-4H3. The predicted molar refractivity (Wildman–Crippen MR) is 83.5 cm³/mol. The molecule has 6 nitrogen and oxygen atoms in total. The van der Waals surface area contributed by atoms with Gasteiger partial charge in [0, 0.05) is 24.2 Å². The highest BCUT2D eigenvalue weighted by Crippen LogP contribution is 2.23. The molecule has 0 bridgehead atoms. The summed E-state index contributed by atoms with van der Waals surface area (Å²) in [4.78, 5) is 8.56. The monoisotopic (exact) mass is 312 g/mol. The van der Waals surface area contributed by atoms with E-state index < -0.39 is 24.4 Å². The van der Waals surface area contributed by atoms with Crippen LogP contribution in [0.4, 0.5) is 0 Å². The number of aromatic nitrogens is 2. The fraction of sp³-hybridized carbons (Fsp3) is 0.750. The first-order valence-electron chi connectivity index (χ1n) is 7.87. The first-order valence-corrected chi connectivity index (χ1v) is 7.87. The van der Waals surface area contributed by atoms with Crippen molar-refractivity contribution in [1.82, 2.24) is 9.97 Å². The van der Waals surface area contributed by atoms with Gasteiger partial charge >= 0.3 is 0 Å². The Labute approximate surface area is 131 Å². The van der Waals surface area contributed by atoms with E-state index in [1.165, 1.54) is 0 Å². The zero-order valence-corrected chi connectivity index (χ0v) is 13.7. The predicted octanol–water partition coefficient (Wildman–Crippen LogP) is 0.947. The molecule has 0 spiro atoms. The van der Waals surface area contributed by atoms with Gasteiger partial charge in [0.1, 0.15) is 0 Å². The van der Waals surface area contributed by atoms with Crippen molar-refractivity contribution in [3.8, 4) is 0 Å². The number of rotatable bonds is 8. The van der Waals surface area contributed by atoms with Gasteiger partial charge in [0.15, 0.2) is 0 Å². The van der Waals surface area contributed by atoms with Gasteiger partial charge in [0.05, 0.1) is 35.8 Å². The molecule has 1 aromatic heterocycles. The lowest BCUT2D eigenvalue weighted by Gasteiger charge is -2.24. The molecule has 0 aromatic carbocycles. The second-order valence-electron chi connectivity index (χ2n) is 5.88. The van der Waals surface area contributed by atoms with Crippen LogP contribution in [0.5, 0.6) is 0 Å². The fourth-order valence-corrected chi connectivity index (χ4v) is 2.32. The largest absolute Gasteiger partial charge is 0.390 e. The van der Waals surface area contributed by atoms with Gasteiger partial charge in [-0.1, -0.05) is 27.7 Å². The zero-order chi connectivity index (χ0) is 16.9. The summed E-state index contributed by atoms with van der Waals surface area (Å²) in [5.41, 5.74) is 1.17. The van der Waals surface area contributed by atoms with Crippen molar-refractivity contribution in [3.63, 3.8) is 0 Å². The van der Waals surface area contributed by atoms with Gasteiger partial charge in [0.2, 0.25) is 0 Å². The molecule has 0 saturated heterocycles. The summed E-state index contributed by atoms with van der Waals surface area (Å²) in [6.45, 7) is 7.17. The summed E-state index contributed by atoms with van der Waals surface area (Å²) >= 11 is 0. The highest BCUT2D eigenvalue weighted by atomic mass is 16.3. The van der Waals surface area contributed by atoms with Crippen LogP contribution >= 0.6 is 0 Å². The molecule has 1 heterocycles. The van der Waals surface area contributed by atoms with E-state index in [0.29, 0.717) is 24.2 Å². The quantitative estimate of drug-likeness (QED) is 0.569. The summed E-state index contributed by atoms with van der Waals surface area (Å²) in [5, 5.41) is 39.4. The van der Waals surface area contributed by atoms with Crippen molar-refractivity contribution >= 4 is 0 Å². The smallest absolute Gasteiger partial charge is 0.0880 e. The van der Waals surface area contributed by atoms with Gasteiger partial charge < -0.3 is 20.4 Å². The van der Waals surface area contributed by atoms with E-state index in [0.717, 1.165) is 0 Å². The van der Waals surface area contributed by atoms with E-state index in [4.69, 9.17) is 0 Å². The average molecular weight is 312 g/mol. The number of hydrogen-bond donors (Lipinski definition) is 4. The molecule has 4 N–H and O–H groups in total. The molecule has 126 valence electrons. The Balaban J connectivity index is 2.82. The van der Waals surface area contributed by atoms with Gasteiger partial charge in [-0.3, -0.25) is 9.97 Å². The molecule has 0 fully saturated rings. The molecular formula is C16H28N2O4. The Kier molecular flexibility index (Phi) is 7.35. The SMILES string of the molecule is CCC(O)C(O)C(C)c1cnc(C(C)C(O)C(O)CC)cn1. The van der Waals surface area contributed by atoms with Crippen LogP contribution < -0.4 is 0 Å². The summed E-state index contributed by atoms with van der Waals surface area (Å²) in [6, 6.07) is 0. The molecule has 0 aliphatic carbocycles. The molecule has 6 atom stereocenters. The summed E-state index contributed by atoms with van der Waals surface area (Å²) in [7, 11) is 0. The van der Waals surface area contributed by atoms with E-state index in [9.17, 15) is 20.4 Å². The minimum Gasteiger partial charge on any atom is -0.390 e. The van der Waals surface area contributed by atoms with E-state index in [-0.39, 0.29) is 11.8 Å². The molecule has 1 rings (SSSR count). The normalized spacial score (nSPS) is 20.0. The third-order valence-electron chi connectivity index (χ3n) is 4.27. The number of hydrogen-bond acceptors (Lipinski definition) is 6. The molecule has 1 aromatic rings. The molecule has 22 heavy (non-hydrogen) atoms. The van der Waals surface area contributed by atoms with Gasteiger partial charge in [-0.15, -0.1) is 0 Å². The second kappa shape index (κ2) is 8.53. The van der Waals surface area contributed by atoms with E-state index in [1.54, 1.807) is 40.1 Å².